The van der Waals surface area contributed by atoms with Gasteiger partial charge < -0.3 is 39.5 Å². The predicted molar refractivity (Wildman–Crippen MR) is 243 cm³/mol. The average Bonchev–Trinajstić information content (AvgIpc) is 3.34. The zero-order chi connectivity index (χ0) is 49.1. The summed E-state index contributed by atoms with van der Waals surface area (Å²) in [6.45, 7) is 5.11. The van der Waals surface area contributed by atoms with Gasteiger partial charge in [0.1, 0.15) is 18.9 Å². The number of hydrogen-bond acceptors (Lipinski definition) is 8. The van der Waals surface area contributed by atoms with Crippen LogP contribution in [0.25, 0.3) is 22.0 Å². The largest absolute Gasteiger partial charge is 0.489 e. The van der Waals surface area contributed by atoms with E-state index < -0.39 is 47.5 Å². The van der Waals surface area contributed by atoms with Crippen molar-refractivity contribution in [1.29, 1.82) is 0 Å². The van der Waals surface area contributed by atoms with Crippen LogP contribution in [0.5, 0.6) is 5.75 Å². The van der Waals surface area contributed by atoms with E-state index >= 15 is 0 Å². The first-order chi connectivity index (χ1) is 32.4. The van der Waals surface area contributed by atoms with Crippen LogP contribution < -0.4 is 10.2 Å². The zero-order valence-electron chi connectivity index (χ0n) is 36.9. The summed E-state index contributed by atoms with van der Waals surface area (Å²) in [6.07, 6.45) is -7.18. The van der Waals surface area contributed by atoms with Crippen molar-refractivity contribution in [1.82, 2.24) is 14.4 Å². The number of halogens is 5. The van der Waals surface area contributed by atoms with Gasteiger partial charge in [0.2, 0.25) is 5.91 Å². The lowest BCUT2D eigenvalue weighted by atomic mass is 10.00. The normalized spacial score (nSPS) is 14.1. The molecule has 1 aliphatic rings. The van der Waals surface area contributed by atoms with Gasteiger partial charge in [-0.05, 0) is 90.4 Å². The molecule has 1 aromatic heterocycles. The van der Waals surface area contributed by atoms with Gasteiger partial charge in [-0.1, -0.05) is 85.8 Å². The number of piperidine rings is 1. The number of aliphatic hydroxyl groups excluding tert-OH is 2. The van der Waals surface area contributed by atoms with E-state index in [0.29, 0.717) is 27.9 Å². The van der Waals surface area contributed by atoms with Crippen LogP contribution in [-0.2, 0) is 53.1 Å². The number of aryl methyl sites for hydroxylation is 2. The number of fused-ring (bicyclic) bond motifs is 1. The molecule has 358 valence electrons. The fourth-order valence-electron chi connectivity index (χ4n) is 7.95. The predicted octanol–water partition coefficient (Wildman–Crippen LogP) is 7.72. The van der Waals surface area contributed by atoms with E-state index in [4.69, 9.17) is 25.2 Å². The number of nitrogens with zero attached hydrogens (tertiary/aromatic N) is 3. The van der Waals surface area contributed by atoms with Gasteiger partial charge in [0.05, 0.1) is 11.1 Å². The highest BCUT2D eigenvalue weighted by molar-refractivity contribution is 5.84. The number of aliphatic carboxylic acids is 2. The Hall–Kier alpha value is -6.95. The van der Waals surface area contributed by atoms with Gasteiger partial charge in [0.25, 0.3) is 0 Å². The van der Waals surface area contributed by atoms with Gasteiger partial charge in [0, 0.05) is 48.9 Å². The molecule has 1 saturated heterocycles. The van der Waals surface area contributed by atoms with Crippen LogP contribution in [-0.4, -0.2) is 90.5 Å². The summed E-state index contributed by atoms with van der Waals surface area (Å²) in [5, 5.41) is 32.9. The van der Waals surface area contributed by atoms with Crippen molar-refractivity contribution in [3.63, 3.8) is 0 Å². The number of carboxylic acids is 2. The van der Waals surface area contributed by atoms with E-state index in [1.807, 2.05) is 59.5 Å². The number of pyridine rings is 1. The topological polar surface area (TPSA) is 170 Å². The first-order valence-corrected chi connectivity index (χ1v) is 21.8. The van der Waals surface area contributed by atoms with Crippen molar-refractivity contribution in [2.45, 2.75) is 76.7 Å². The molecule has 0 spiro atoms. The molecule has 2 atom stereocenters. The van der Waals surface area contributed by atoms with Gasteiger partial charge in [-0.3, -0.25) is 9.59 Å². The Morgan fingerprint density at radius 3 is 1.97 bits per heavy atom. The number of likely N-dealkylation sites (tertiary alicyclic amines) is 1. The summed E-state index contributed by atoms with van der Waals surface area (Å²) in [5.74, 6) is -5.12. The maximum absolute atomic E-state index is 14.8. The molecular weight excluding hydrogens is 894 g/mol. The van der Waals surface area contributed by atoms with Crippen LogP contribution in [0.2, 0.25) is 0 Å². The van der Waals surface area contributed by atoms with Gasteiger partial charge in [-0.2, -0.15) is 13.2 Å². The first-order valence-electron chi connectivity index (χ1n) is 21.8. The Bertz CT molecular complexity index is 2730. The summed E-state index contributed by atoms with van der Waals surface area (Å²) >= 11 is 0. The fraction of sp³-hybridized carbons (Fsp3) is 0.294. The molecule has 0 saturated carbocycles. The third-order valence-electron chi connectivity index (χ3n) is 11.8. The van der Waals surface area contributed by atoms with Crippen LogP contribution >= 0.6 is 0 Å². The lowest BCUT2D eigenvalue weighted by Gasteiger charge is -2.38. The first kappa shape index (κ1) is 50.5. The van der Waals surface area contributed by atoms with E-state index in [-0.39, 0.29) is 55.5 Å². The standard InChI is InChI=1S/C47H44F5N3O3.C4H6O6/c1-2-53-25-23-38(24-26-53)55(29-32-11-13-34(14-12-32)35-15-18-37(19-16-35)47(50,51)52)45(57)30-54-39(20-17-36-9-6-10-42(48)46(36)49)27-44(56)41-22-21-40(28-43(41)54)58-31-33-7-4-3-5-8-33;5-1(3(7)8)2(6)4(9)10/h3-16,18-19,21-22,27-28,38H,2,17,20,23-26,29-31H2,1H3;1-2,5-6H,(H,7,8)(H,9,10). The minimum atomic E-state index is -4.42. The van der Waals surface area contributed by atoms with E-state index in [1.165, 1.54) is 30.3 Å². The second kappa shape index (κ2) is 22.7. The number of aliphatic hydroxyl groups is 2. The molecule has 5 aromatic carbocycles. The van der Waals surface area contributed by atoms with E-state index in [2.05, 4.69) is 11.8 Å². The van der Waals surface area contributed by atoms with Crippen LogP contribution in [0.4, 0.5) is 22.0 Å². The number of aromatic nitrogens is 1. The van der Waals surface area contributed by atoms with Crippen LogP contribution in [0.15, 0.2) is 126 Å². The van der Waals surface area contributed by atoms with Crippen molar-refractivity contribution in [3.05, 3.63) is 171 Å². The maximum Gasteiger partial charge on any atom is 0.416 e. The number of carbonyl (C=O) groups excluding carboxylic acids is 1. The van der Waals surface area contributed by atoms with Gasteiger partial charge >= 0.3 is 18.1 Å². The number of carbonyl (C=O) groups is 3. The molecule has 7 rings (SSSR count). The van der Waals surface area contributed by atoms with Crippen molar-refractivity contribution in [2.75, 3.05) is 19.6 Å². The Morgan fingerprint density at radius 2 is 1.38 bits per heavy atom. The lowest BCUT2D eigenvalue weighted by molar-refractivity contribution is -0.165. The third-order valence-corrected chi connectivity index (χ3v) is 11.8. The van der Waals surface area contributed by atoms with Crippen molar-refractivity contribution in [3.8, 4) is 16.9 Å². The Balaban J connectivity index is 0.000000684. The quantitative estimate of drug-likeness (QED) is 0.0705. The van der Waals surface area contributed by atoms with E-state index in [1.54, 1.807) is 22.8 Å². The Labute approximate surface area is 388 Å². The van der Waals surface area contributed by atoms with E-state index in [9.17, 15) is 41.1 Å². The SMILES string of the molecule is CCN1CCC(N(Cc2ccc(-c3ccc(C(F)(F)F)cc3)cc2)C(=O)Cn2c(CCc3cccc(F)c3F)cc(=O)c3ccc(OCc4ccccc4)cc32)CC1.O=C(O)C(O)C(O)C(=O)O. The highest BCUT2D eigenvalue weighted by Gasteiger charge is 2.31. The summed E-state index contributed by atoms with van der Waals surface area (Å²) in [4.78, 5) is 52.2. The second-order valence-corrected chi connectivity index (χ2v) is 16.3. The number of hydrogen-bond donors (Lipinski definition) is 4. The number of alkyl halides is 3. The van der Waals surface area contributed by atoms with Gasteiger partial charge in [0.15, 0.2) is 29.3 Å². The smallest absolute Gasteiger partial charge is 0.416 e. The third kappa shape index (κ3) is 12.9. The molecule has 12 nitrogen and oxygen atoms in total. The molecule has 2 heterocycles. The molecule has 0 aliphatic carbocycles. The van der Waals surface area contributed by atoms with Gasteiger partial charge in [-0.25, -0.2) is 18.4 Å². The minimum Gasteiger partial charge on any atom is -0.489 e. The highest BCUT2D eigenvalue weighted by Crippen LogP contribution is 2.32. The molecule has 4 N–H and O–H groups in total. The Morgan fingerprint density at radius 1 is 0.765 bits per heavy atom. The lowest BCUT2D eigenvalue weighted by Crippen LogP contribution is -2.48. The minimum absolute atomic E-state index is 0.0786. The average molecular weight is 944 g/mol. The number of amides is 1. The molecule has 1 aliphatic heterocycles. The van der Waals surface area contributed by atoms with Crippen molar-refractivity contribution >= 4 is 28.7 Å². The summed E-state index contributed by atoms with van der Waals surface area (Å²) in [6, 6.07) is 32.7. The summed E-state index contributed by atoms with van der Waals surface area (Å²) < 4.78 is 76.5. The highest BCUT2D eigenvalue weighted by atomic mass is 19.4. The fourth-order valence-corrected chi connectivity index (χ4v) is 7.95. The molecule has 6 aromatic rings. The van der Waals surface area contributed by atoms with Crippen LogP contribution in [0, 0.1) is 11.6 Å². The number of benzene rings is 5. The van der Waals surface area contributed by atoms with Crippen LogP contribution in [0.1, 0.15) is 47.7 Å². The second-order valence-electron chi connectivity index (χ2n) is 16.3. The molecule has 0 bridgehead atoms. The number of ether oxygens (including phenoxy) is 1. The monoisotopic (exact) mass is 943 g/mol. The molecule has 2 unspecified atom stereocenters. The van der Waals surface area contributed by atoms with Crippen molar-refractivity contribution < 1.29 is 61.5 Å². The summed E-state index contributed by atoms with van der Waals surface area (Å²) in [7, 11) is 0. The molecule has 0 radical (unpaired) electrons. The Kier molecular flexibility index (Phi) is 16.8. The maximum atomic E-state index is 14.8. The number of rotatable bonds is 16. The van der Waals surface area contributed by atoms with E-state index in [0.717, 1.165) is 67.4 Å². The summed E-state index contributed by atoms with van der Waals surface area (Å²) in [5.41, 5.74) is 3.36. The molecule has 17 heteroatoms. The van der Waals surface area contributed by atoms with Gasteiger partial charge in [-0.15, -0.1) is 0 Å². The molecular formula is C51H50F5N3O9. The van der Waals surface area contributed by atoms with Crippen LogP contribution in [0.3, 0.4) is 0 Å². The molecule has 1 fully saturated rings. The molecule has 68 heavy (non-hydrogen) atoms. The zero-order valence-corrected chi connectivity index (χ0v) is 36.9. The number of carboxylic acid groups (broad SMARTS) is 2. The molecule has 1 amide bonds. The van der Waals surface area contributed by atoms with Crippen molar-refractivity contribution in [2.24, 2.45) is 0 Å².